The number of nitrogens with zero attached hydrogens (tertiary/aromatic N) is 1. The van der Waals surface area contributed by atoms with Gasteiger partial charge in [0.05, 0.1) is 43.0 Å². The molecule has 3 rings (SSSR count). The van der Waals surface area contributed by atoms with E-state index < -0.39 is 37.4 Å². The van der Waals surface area contributed by atoms with Crippen molar-refractivity contribution < 1.29 is 34.7 Å². The van der Waals surface area contributed by atoms with Gasteiger partial charge >= 0.3 is 5.97 Å². The van der Waals surface area contributed by atoms with E-state index in [1.807, 2.05) is 48.7 Å². The molecule has 0 aliphatic rings. The van der Waals surface area contributed by atoms with Crippen LogP contribution in [0.3, 0.4) is 0 Å². The molecule has 0 aliphatic carbocycles. The monoisotopic (exact) mass is 486 g/mol. The van der Waals surface area contributed by atoms with E-state index in [0.29, 0.717) is 16.7 Å². The van der Waals surface area contributed by atoms with Crippen LogP contribution in [-0.4, -0.2) is 82.2 Å². The number of rotatable bonds is 12. The summed E-state index contributed by atoms with van der Waals surface area (Å²) >= 11 is 0. The van der Waals surface area contributed by atoms with E-state index in [9.17, 15) is 25.2 Å². The molecule has 0 spiro atoms. The van der Waals surface area contributed by atoms with Crippen molar-refractivity contribution in [1.29, 1.82) is 0 Å². The van der Waals surface area contributed by atoms with Crippen molar-refractivity contribution in [2.24, 2.45) is 0 Å². The largest absolute Gasteiger partial charge is 0.491 e. The number of hydrogen-bond acceptors (Lipinski definition) is 8. The quantitative estimate of drug-likeness (QED) is 0.243. The Morgan fingerprint density at radius 2 is 1.77 bits per heavy atom. The highest BCUT2D eigenvalue weighted by molar-refractivity contribution is 6.07. The number of carbonyl (C=O) groups excluding carboxylic acids is 1. The first-order chi connectivity index (χ1) is 16.8. The lowest BCUT2D eigenvalue weighted by molar-refractivity contribution is 0.0260. The van der Waals surface area contributed by atoms with Crippen molar-refractivity contribution in [2.75, 3.05) is 39.6 Å². The minimum Gasteiger partial charge on any atom is -0.491 e. The van der Waals surface area contributed by atoms with Gasteiger partial charge in [-0.05, 0) is 50.6 Å². The Morgan fingerprint density at radius 3 is 2.40 bits per heavy atom. The zero-order valence-electron chi connectivity index (χ0n) is 20.3. The molecule has 0 fully saturated rings. The van der Waals surface area contributed by atoms with Gasteiger partial charge in [0.1, 0.15) is 18.5 Å². The van der Waals surface area contributed by atoms with E-state index in [2.05, 4.69) is 5.32 Å². The van der Waals surface area contributed by atoms with Gasteiger partial charge in [-0.25, -0.2) is 4.79 Å². The van der Waals surface area contributed by atoms with Crippen LogP contribution in [0.5, 0.6) is 5.75 Å². The maximum absolute atomic E-state index is 12.9. The summed E-state index contributed by atoms with van der Waals surface area (Å²) in [5.41, 5.74) is 2.76. The lowest BCUT2D eigenvalue weighted by Gasteiger charge is -2.29. The topological polar surface area (TPSA) is 133 Å². The summed E-state index contributed by atoms with van der Waals surface area (Å²) in [5.74, 6) is 0.0406. The van der Waals surface area contributed by atoms with Crippen molar-refractivity contribution in [3.05, 3.63) is 59.3 Å². The summed E-state index contributed by atoms with van der Waals surface area (Å²) in [6.45, 7) is 4.34. The molecule has 1 heterocycles. The van der Waals surface area contributed by atoms with Crippen LogP contribution in [0.25, 0.3) is 16.6 Å². The van der Waals surface area contributed by atoms with Crippen LogP contribution in [0.2, 0.25) is 0 Å². The van der Waals surface area contributed by atoms with Crippen molar-refractivity contribution in [1.82, 2.24) is 9.88 Å². The van der Waals surface area contributed by atoms with E-state index in [0.717, 1.165) is 22.5 Å². The number of aryl methyl sites for hydroxylation is 1. The van der Waals surface area contributed by atoms with Gasteiger partial charge in [0.15, 0.2) is 0 Å². The SMILES string of the molecule is CCOC(=O)c1c(C)n(-c2ccccc2C)c2ccc(OC[C@H](O)CNC(CO)(CO)CO)cc12. The zero-order chi connectivity index (χ0) is 25.6. The number of aliphatic hydroxyl groups is 4. The molecule has 0 saturated carbocycles. The molecule has 35 heavy (non-hydrogen) atoms. The minimum atomic E-state index is -1.29. The number of aliphatic hydroxyl groups excluding tert-OH is 4. The molecule has 0 saturated heterocycles. The van der Waals surface area contributed by atoms with Gasteiger partial charge in [-0.1, -0.05) is 18.2 Å². The first kappa shape index (κ1) is 26.7. The van der Waals surface area contributed by atoms with Crippen LogP contribution >= 0.6 is 0 Å². The maximum Gasteiger partial charge on any atom is 0.340 e. The summed E-state index contributed by atoms with van der Waals surface area (Å²) in [6, 6.07) is 13.3. The van der Waals surface area contributed by atoms with Gasteiger partial charge in [-0.15, -0.1) is 0 Å². The second-order valence-corrected chi connectivity index (χ2v) is 8.58. The van der Waals surface area contributed by atoms with Gasteiger partial charge in [-0.3, -0.25) is 0 Å². The number of benzene rings is 2. The fourth-order valence-corrected chi connectivity index (χ4v) is 3.98. The second-order valence-electron chi connectivity index (χ2n) is 8.58. The predicted octanol–water partition coefficient (Wildman–Crippen LogP) is 1.47. The number of aromatic nitrogens is 1. The number of β-amino-alcohol motifs (C(OH)–C–C–N with tert-alkyl or cyclic N) is 1. The Balaban J connectivity index is 1.89. The van der Waals surface area contributed by atoms with Gasteiger partial charge < -0.3 is 39.8 Å². The number of hydrogen-bond donors (Lipinski definition) is 5. The standard InChI is InChI=1S/C26H34N2O7/c1-4-34-25(33)24-18(3)28(22-8-6-5-7-17(22)2)23-10-9-20(11-21(23)24)35-13-19(32)12-27-26(14-29,15-30)16-31/h5-11,19,27,29-32H,4,12-16H2,1-3H3/t19-/m1/s1. The first-order valence-corrected chi connectivity index (χ1v) is 11.6. The number of carbonyl (C=O) groups is 1. The molecule has 3 aromatic rings. The number of ether oxygens (including phenoxy) is 2. The smallest absolute Gasteiger partial charge is 0.340 e. The lowest BCUT2D eigenvalue weighted by Crippen LogP contribution is -2.57. The third kappa shape index (κ3) is 5.66. The van der Waals surface area contributed by atoms with E-state index in [1.54, 1.807) is 19.1 Å². The predicted molar refractivity (Wildman–Crippen MR) is 132 cm³/mol. The molecular formula is C26H34N2O7. The van der Waals surface area contributed by atoms with Crippen molar-refractivity contribution in [2.45, 2.75) is 32.4 Å². The zero-order valence-corrected chi connectivity index (χ0v) is 20.3. The molecule has 5 N–H and O–H groups in total. The fraction of sp³-hybridized carbons (Fsp3) is 0.423. The molecule has 9 nitrogen and oxygen atoms in total. The highest BCUT2D eigenvalue weighted by atomic mass is 16.5. The molecule has 0 aliphatic heterocycles. The maximum atomic E-state index is 12.9. The van der Waals surface area contributed by atoms with E-state index >= 15 is 0 Å². The molecule has 9 heteroatoms. The second kappa shape index (κ2) is 11.7. The third-order valence-electron chi connectivity index (χ3n) is 6.07. The normalized spacial score (nSPS) is 12.7. The Kier molecular flexibility index (Phi) is 8.87. The molecule has 0 amide bonds. The third-order valence-corrected chi connectivity index (χ3v) is 6.07. The summed E-state index contributed by atoms with van der Waals surface area (Å²) < 4.78 is 13.1. The molecule has 0 unspecified atom stereocenters. The summed E-state index contributed by atoms with van der Waals surface area (Å²) in [6.07, 6.45) is -0.974. The van der Waals surface area contributed by atoms with Crippen LogP contribution in [0.1, 0.15) is 28.5 Å². The van der Waals surface area contributed by atoms with E-state index in [4.69, 9.17) is 9.47 Å². The molecule has 1 atom stereocenters. The molecular weight excluding hydrogens is 452 g/mol. The number of esters is 1. The fourth-order valence-electron chi connectivity index (χ4n) is 3.98. The van der Waals surface area contributed by atoms with Gasteiger partial charge in [0.2, 0.25) is 0 Å². The van der Waals surface area contributed by atoms with Crippen LogP contribution in [0.15, 0.2) is 42.5 Å². The molecule has 1 aromatic heterocycles. The van der Waals surface area contributed by atoms with Crippen molar-refractivity contribution >= 4 is 16.9 Å². The van der Waals surface area contributed by atoms with Gasteiger partial charge in [0.25, 0.3) is 0 Å². The van der Waals surface area contributed by atoms with Gasteiger partial charge in [0, 0.05) is 23.3 Å². The molecule has 2 aromatic carbocycles. The van der Waals surface area contributed by atoms with E-state index in [-0.39, 0.29) is 19.8 Å². The Hall–Kier alpha value is -2.95. The summed E-state index contributed by atoms with van der Waals surface area (Å²) in [4.78, 5) is 12.9. The van der Waals surface area contributed by atoms with Crippen LogP contribution in [0, 0.1) is 13.8 Å². The number of para-hydroxylation sites is 1. The summed E-state index contributed by atoms with van der Waals surface area (Å²) in [5, 5.41) is 41.9. The molecule has 190 valence electrons. The average Bonchev–Trinajstić information content (AvgIpc) is 3.15. The molecule has 0 radical (unpaired) electrons. The van der Waals surface area contributed by atoms with Gasteiger partial charge in [-0.2, -0.15) is 0 Å². The van der Waals surface area contributed by atoms with Crippen molar-refractivity contribution in [3.8, 4) is 11.4 Å². The highest BCUT2D eigenvalue weighted by Crippen LogP contribution is 2.33. The number of nitrogens with one attached hydrogen (secondary N) is 1. The minimum absolute atomic E-state index is 0.0131. The Labute approximate surface area is 204 Å². The first-order valence-electron chi connectivity index (χ1n) is 11.6. The Bertz CT molecular complexity index is 1150. The summed E-state index contributed by atoms with van der Waals surface area (Å²) in [7, 11) is 0. The van der Waals surface area contributed by atoms with E-state index in [1.165, 1.54) is 0 Å². The van der Waals surface area contributed by atoms with Crippen molar-refractivity contribution in [3.63, 3.8) is 0 Å². The molecule has 0 bridgehead atoms. The lowest BCUT2D eigenvalue weighted by atomic mass is 10.0. The number of fused-ring (bicyclic) bond motifs is 1. The van der Waals surface area contributed by atoms with Crippen LogP contribution in [0.4, 0.5) is 0 Å². The van der Waals surface area contributed by atoms with Crippen LogP contribution < -0.4 is 10.1 Å². The average molecular weight is 487 g/mol. The highest BCUT2D eigenvalue weighted by Gasteiger charge is 2.28. The Morgan fingerprint density at radius 1 is 1.09 bits per heavy atom. The van der Waals surface area contributed by atoms with Crippen LogP contribution in [-0.2, 0) is 4.74 Å².